The van der Waals surface area contributed by atoms with E-state index in [1.54, 1.807) is 6.92 Å². The Hall–Kier alpha value is -3.95. The van der Waals surface area contributed by atoms with Gasteiger partial charge in [-0.15, -0.1) is 0 Å². The van der Waals surface area contributed by atoms with Gasteiger partial charge in [-0.25, -0.2) is 5.43 Å². The van der Waals surface area contributed by atoms with Crippen molar-refractivity contribution in [3.63, 3.8) is 0 Å². The monoisotopic (exact) mass is 411 g/mol. The van der Waals surface area contributed by atoms with Gasteiger partial charge in [0.15, 0.2) is 0 Å². The van der Waals surface area contributed by atoms with Crippen LogP contribution < -0.4 is 20.6 Å². The van der Waals surface area contributed by atoms with Crippen LogP contribution in [0.3, 0.4) is 0 Å². The molecule has 3 rings (SSSR count). The van der Waals surface area contributed by atoms with E-state index in [9.17, 15) is 24.8 Å². The molecule has 0 saturated carbocycles. The SMILES string of the molecule is CCOc1cc([N+](=O)[O-])cc(/C=N/NC(=O)[C@H]2C(=O)NC[C@H]2c2ccccc2)c1[O-]. The van der Waals surface area contributed by atoms with Crippen molar-refractivity contribution in [1.82, 2.24) is 10.7 Å². The zero-order chi connectivity index (χ0) is 21.7. The van der Waals surface area contributed by atoms with Crippen LogP contribution in [0.4, 0.5) is 5.69 Å². The lowest BCUT2D eigenvalue weighted by Crippen LogP contribution is -2.34. The molecule has 10 nitrogen and oxygen atoms in total. The first kappa shape index (κ1) is 20.8. The Morgan fingerprint density at radius 2 is 2.10 bits per heavy atom. The molecule has 2 atom stereocenters. The van der Waals surface area contributed by atoms with Gasteiger partial charge < -0.3 is 15.2 Å². The molecular formula is C20H19N4O6-. The molecule has 1 heterocycles. The quantitative estimate of drug-likeness (QED) is 0.301. The summed E-state index contributed by atoms with van der Waals surface area (Å²) in [6.07, 6.45) is 1.00. The van der Waals surface area contributed by atoms with Gasteiger partial charge in [0.2, 0.25) is 5.91 Å². The molecule has 1 saturated heterocycles. The summed E-state index contributed by atoms with van der Waals surface area (Å²) < 4.78 is 5.14. The Balaban J connectivity index is 1.78. The molecule has 1 aliphatic heterocycles. The summed E-state index contributed by atoms with van der Waals surface area (Å²) in [5, 5.41) is 29.8. The molecule has 30 heavy (non-hydrogen) atoms. The van der Waals surface area contributed by atoms with Gasteiger partial charge in [0, 0.05) is 18.5 Å². The summed E-state index contributed by atoms with van der Waals surface area (Å²) in [4.78, 5) is 35.1. The van der Waals surface area contributed by atoms with Crippen molar-refractivity contribution >= 4 is 23.7 Å². The molecule has 2 N–H and O–H groups in total. The molecule has 0 spiro atoms. The summed E-state index contributed by atoms with van der Waals surface area (Å²) >= 11 is 0. The molecule has 0 bridgehead atoms. The summed E-state index contributed by atoms with van der Waals surface area (Å²) in [6, 6.07) is 11.2. The maximum atomic E-state index is 12.6. The third-order valence-electron chi connectivity index (χ3n) is 4.65. The van der Waals surface area contributed by atoms with Gasteiger partial charge in [-0.2, -0.15) is 5.10 Å². The van der Waals surface area contributed by atoms with Crippen molar-refractivity contribution in [2.45, 2.75) is 12.8 Å². The molecule has 0 unspecified atom stereocenters. The number of carbonyl (C=O) groups excluding carboxylic acids is 2. The minimum Gasteiger partial charge on any atom is -0.870 e. The second kappa shape index (κ2) is 9.03. The summed E-state index contributed by atoms with van der Waals surface area (Å²) in [7, 11) is 0. The van der Waals surface area contributed by atoms with E-state index in [4.69, 9.17) is 4.74 Å². The number of nitro benzene ring substituents is 1. The normalized spacial score (nSPS) is 18.2. The van der Waals surface area contributed by atoms with Gasteiger partial charge in [-0.3, -0.25) is 19.7 Å². The van der Waals surface area contributed by atoms with Crippen molar-refractivity contribution in [3.8, 4) is 11.5 Å². The number of hydrazone groups is 1. The molecular weight excluding hydrogens is 392 g/mol. The zero-order valence-electron chi connectivity index (χ0n) is 16.0. The van der Waals surface area contributed by atoms with E-state index in [2.05, 4.69) is 15.8 Å². The predicted octanol–water partition coefficient (Wildman–Crippen LogP) is 1.05. The van der Waals surface area contributed by atoms with E-state index in [1.807, 2.05) is 30.3 Å². The van der Waals surface area contributed by atoms with Gasteiger partial charge in [0.05, 0.1) is 23.8 Å². The number of hydrogen-bond donors (Lipinski definition) is 2. The van der Waals surface area contributed by atoms with Crippen LogP contribution in [0.2, 0.25) is 0 Å². The molecule has 156 valence electrons. The maximum absolute atomic E-state index is 12.6. The molecule has 1 aliphatic rings. The van der Waals surface area contributed by atoms with E-state index in [0.717, 1.165) is 23.9 Å². The van der Waals surface area contributed by atoms with Crippen LogP contribution in [0.15, 0.2) is 47.6 Å². The third-order valence-corrected chi connectivity index (χ3v) is 4.65. The first-order valence-corrected chi connectivity index (χ1v) is 9.20. The molecule has 1 fully saturated rings. The van der Waals surface area contributed by atoms with Crippen LogP contribution in [0, 0.1) is 16.0 Å². The average Bonchev–Trinajstić information content (AvgIpc) is 3.12. The lowest BCUT2D eigenvalue weighted by molar-refractivity contribution is -0.385. The number of hydrogen-bond acceptors (Lipinski definition) is 7. The minimum absolute atomic E-state index is 0.122. The first-order valence-electron chi connectivity index (χ1n) is 9.20. The molecule has 0 aliphatic carbocycles. The maximum Gasteiger partial charge on any atom is 0.273 e. The highest BCUT2D eigenvalue weighted by Gasteiger charge is 2.40. The third kappa shape index (κ3) is 4.37. The molecule has 0 aromatic heterocycles. The number of amides is 2. The lowest BCUT2D eigenvalue weighted by Gasteiger charge is -2.17. The van der Waals surface area contributed by atoms with E-state index in [1.165, 1.54) is 0 Å². The molecule has 0 radical (unpaired) electrons. The standard InChI is InChI=1S/C20H20N4O6/c1-2-30-16-9-14(24(28)29)8-13(18(16)25)10-22-23-20(27)17-15(11-21-19(17)26)12-6-4-3-5-7-12/h3-10,15,17,25H,2,11H2,1H3,(H,21,26)(H,23,27)/p-1/b22-10+/t15-,17+/m0/s1. The largest absolute Gasteiger partial charge is 0.870 e. The van der Waals surface area contributed by atoms with E-state index in [-0.39, 0.29) is 29.5 Å². The van der Waals surface area contributed by atoms with Gasteiger partial charge in [-0.05, 0) is 18.1 Å². The molecule has 2 aromatic rings. The number of nitrogens with zero attached hydrogens (tertiary/aromatic N) is 2. The van der Waals surface area contributed by atoms with Crippen LogP contribution in [0.5, 0.6) is 11.5 Å². The van der Waals surface area contributed by atoms with Crippen LogP contribution in [-0.4, -0.2) is 36.1 Å². The zero-order valence-corrected chi connectivity index (χ0v) is 16.0. The predicted molar refractivity (Wildman–Crippen MR) is 105 cm³/mol. The smallest absolute Gasteiger partial charge is 0.273 e. The van der Waals surface area contributed by atoms with Crippen LogP contribution in [0.25, 0.3) is 0 Å². The number of ether oxygens (including phenoxy) is 1. The van der Waals surface area contributed by atoms with Crippen molar-refractivity contribution in [2.24, 2.45) is 11.0 Å². The molecule has 10 heteroatoms. The topological polar surface area (TPSA) is 146 Å². The number of carbonyl (C=O) groups is 2. The van der Waals surface area contributed by atoms with Gasteiger partial charge in [0.1, 0.15) is 11.7 Å². The number of nitro groups is 1. The summed E-state index contributed by atoms with van der Waals surface area (Å²) in [6.45, 7) is 2.11. The number of nitrogens with one attached hydrogen (secondary N) is 2. The van der Waals surface area contributed by atoms with Crippen molar-refractivity contribution < 1.29 is 24.4 Å². The highest BCUT2D eigenvalue weighted by Crippen LogP contribution is 2.32. The average molecular weight is 411 g/mol. The molecule has 2 amide bonds. The van der Waals surface area contributed by atoms with E-state index < -0.39 is 28.4 Å². The fourth-order valence-electron chi connectivity index (χ4n) is 3.24. The van der Waals surface area contributed by atoms with Gasteiger partial charge in [-0.1, -0.05) is 36.1 Å². The summed E-state index contributed by atoms with van der Waals surface area (Å²) in [5.41, 5.74) is 2.62. The van der Waals surface area contributed by atoms with Crippen molar-refractivity contribution in [1.29, 1.82) is 0 Å². The van der Waals surface area contributed by atoms with Gasteiger partial charge >= 0.3 is 0 Å². The highest BCUT2D eigenvalue weighted by atomic mass is 16.6. The Labute approximate surface area is 171 Å². The fraction of sp³-hybridized carbons (Fsp3) is 0.250. The second-order valence-electron chi connectivity index (χ2n) is 6.53. The lowest BCUT2D eigenvalue weighted by atomic mass is 9.88. The number of rotatable bonds is 7. The summed E-state index contributed by atoms with van der Waals surface area (Å²) in [5.74, 6) is -3.18. The molecule has 2 aromatic carbocycles. The van der Waals surface area contributed by atoms with Gasteiger partial charge in [0.25, 0.3) is 11.6 Å². The highest BCUT2D eigenvalue weighted by molar-refractivity contribution is 6.03. The minimum atomic E-state index is -0.986. The Kier molecular flexibility index (Phi) is 6.26. The first-order chi connectivity index (χ1) is 14.4. The number of non-ortho nitro benzene ring substituents is 1. The van der Waals surface area contributed by atoms with Crippen molar-refractivity contribution in [3.05, 3.63) is 63.7 Å². The second-order valence-corrected chi connectivity index (χ2v) is 6.53. The fourth-order valence-corrected chi connectivity index (χ4v) is 3.24. The van der Waals surface area contributed by atoms with Crippen molar-refractivity contribution in [2.75, 3.05) is 13.2 Å². The van der Waals surface area contributed by atoms with E-state index >= 15 is 0 Å². The Morgan fingerprint density at radius 1 is 1.37 bits per heavy atom. The van der Waals surface area contributed by atoms with Crippen LogP contribution in [0.1, 0.15) is 24.0 Å². The Morgan fingerprint density at radius 3 is 2.77 bits per heavy atom. The Bertz CT molecular complexity index is 992. The number of benzene rings is 2. The van der Waals surface area contributed by atoms with Crippen LogP contribution >= 0.6 is 0 Å². The van der Waals surface area contributed by atoms with E-state index in [0.29, 0.717) is 6.54 Å². The van der Waals surface area contributed by atoms with Crippen LogP contribution in [-0.2, 0) is 9.59 Å².